The van der Waals surface area contributed by atoms with E-state index in [1.807, 2.05) is 0 Å². The topological polar surface area (TPSA) is 9.23 Å². The third-order valence-electron chi connectivity index (χ3n) is 1.56. The molecule has 0 amide bonds. The molecule has 0 spiro atoms. The molecular formula is C8H6FO. The fourth-order valence-corrected chi connectivity index (χ4v) is 1.08. The van der Waals surface area contributed by atoms with Crippen LogP contribution >= 0.6 is 0 Å². The summed E-state index contributed by atoms with van der Waals surface area (Å²) in [6.45, 7) is 0.662. The molecule has 1 nitrogen and oxygen atoms in total. The lowest BCUT2D eigenvalue weighted by Crippen LogP contribution is -1.85. The second-order valence-corrected chi connectivity index (χ2v) is 2.27. The minimum absolute atomic E-state index is 0.232. The highest BCUT2D eigenvalue weighted by atomic mass is 19.1. The second-order valence-electron chi connectivity index (χ2n) is 2.27. The van der Waals surface area contributed by atoms with Crippen molar-refractivity contribution in [2.24, 2.45) is 0 Å². The van der Waals surface area contributed by atoms with Crippen molar-refractivity contribution in [2.45, 2.75) is 6.42 Å². The highest BCUT2D eigenvalue weighted by Gasteiger charge is 2.11. The Hall–Kier alpha value is -1.05. The van der Waals surface area contributed by atoms with Crippen LogP contribution in [0.5, 0.6) is 5.75 Å². The monoisotopic (exact) mass is 137 g/mol. The summed E-state index contributed by atoms with van der Waals surface area (Å²) in [4.78, 5) is 0. The van der Waals surface area contributed by atoms with Crippen LogP contribution in [0, 0.1) is 11.9 Å². The van der Waals surface area contributed by atoms with E-state index in [1.54, 1.807) is 0 Å². The first-order valence-corrected chi connectivity index (χ1v) is 3.19. The maximum absolute atomic E-state index is 12.5. The van der Waals surface area contributed by atoms with Crippen molar-refractivity contribution >= 4 is 0 Å². The van der Waals surface area contributed by atoms with Crippen LogP contribution in [0.15, 0.2) is 12.1 Å². The van der Waals surface area contributed by atoms with Gasteiger partial charge in [-0.25, -0.2) is 4.39 Å². The van der Waals surface area contributed by atoms with Gasteiger partial charge in [0.15, 0.2) is 0 Å². The van der Waals surface area contributed by atoms with Gasteiger partial charge in [-0.2, -0.15) is 0 Å². The van der Waals surface area contributed by atoms with Crippen LogP contribution in [0.1, 0.15) is 5.56 Å². The summed E-state index contributed by atoms with van der Waals surface area (Å²) in [7, 11) is 0. The van der Waals surface area contributed by atoms with Crippen molar-refractivity contribution in [2.75, 3.05) is 6.61 Å². The number of fused-ring (bicyclic) bond motifs is 1. The Morgan fingerprint density at radius 1 is 1.60 bits per heavy atom. The van der Waals surface area contributed by atoms with Gasteiger partial charge in [-0.15, -0.1) is 0 Å². The van der Waals surface area contributed by atoms with E-state index in [2.05, 4.69) is 6.07 Å². The lowest BCUT2D eigenvalue weighted by Gasteiger charge is -1.94. The molecule has 0 bridgehead atoms. The van der Waals surface area contributed by atoms with Crippen molar-refractivity contribution in [1.82, 2.24) is 0 Å². The summed E-state index contributed by atoms with van der Waals surface area (Å²) >= 11 is 0. The smallest absolute Gasteiger partial charge is 0.130 e. The molecule has 1 aromatic carbocycles. The van der Waals surface area contributed by atoms with Gasteiger partial charge in [0.05, 0.1) is 6.61 Å². The standard InChI is InChI=1S/C8H6FO/c9-7-1-2-8-6(5-7)3-4-10-8/h1,5H,3-4H2. The van der Waals surface area contributed by atoms with Crippen molar-refractivity contribution < 1.29 is 9.13 Å². The molecule has 0 aliphatic carbocycles. The van der Waals surface area contributed by atoms with Gasteiger partial charge in [0.1, 0.15) is 11.6 Å². The number of hydrogen-bond acceptors (Lipinski definition) is 1. The third-order valence-corrected chi connectivity index (χ3v) is 1.56. The van der Waals surface area contributed by atoms with Gasteiger partial charge in [0.25, 0.3) is 0 Å². The van der Waals surface area contributed by atoms with Crippen LogP contribution in [-0.2, 0) is 6.42 Å². The van der Waals surface area contributed by atoms with Gasteiger partial charge in [-0.3, -0.25) is 0 Å². The molecule has 0 saturated heterocycles. The molecule has 1 aliphatic heterocycles. The zero-order chi connectivity index (χ0) is 6.97. The Bertz CT molecular complexity index is 257. The largest absolute Gasteiger partial charge is 0.492 e. The molecule has 51 valence electrons. The average molecular weight is 137 g/mol. The SMILES string of the molecule is Fc1c[c]c2c(c1)CCO2. The predicted molar refractivity (Wildman–Crippen MR) is 34.4 cm³/mol. The van der Waals surface area contributed by atoms with Gasteiger partial charge in [-0.05, 0) is 12.1 Å². The van der Waals surface area contributed by atoms with Crippen LogP contribution in [0.4, 0.5) is 4.39 Å². The average Bonchev–Trinajstić information content (AvgIpc) is 2.33. The quantitative estimate of drug-likeness (QED) is 0.527. The van der Waals surface area contributed by atoms with E-state index in [4.69, 9.17) is 4.74 Å². The Kier molecular flexibility index (Phi) is 1.13. The highest BCUT2D eigenvalue weighted by Crippen LogP contribution is 2.24. The molecule has 0 fully saturated rings. The van der Waals surface area contributed by atoms with E-state index in [9.17, 15) is 4.39 Å². The Morgan fingerprint density at radius 2 is 2.50 bits per heavy atom. The molecule has 0 saturated carbocycles. The molecule has 0 N–H and O–H groups in total. The molecule has 2 heteroatoms. The molecule has 1 aliphatic rings. The minimum Gasteiger partial charge on any atom is -0.492 e. The van der Waals surface area contributed by atoms with Gasteiger partial charge in [0, 0.05) is 18.1 Å². The molecular weight excluding hydrogens is 131 g/mol. The maximum Gasteiger partial charge on any atom is 0.130 e. The van der Waals surface area contributed by atoms with Gasteiger partial charge in [-0.1, -0.05) is 0 Å². The fourth-order valence-electron chi connectivity index (χ4n) is 1.08. The third kappa shape index (κ3) is 0.764. The van der Waals surface area contributed by atoms with Crippen molar-refractivity contribution in [3.05, 3.63) is 29.6 Å². The first kappa shape index (κ1) is 5.71. The Balaban J connectivity index is 2.52. The minimum atomic E-state index is -0.232. The van der Waals surface area contributed by atoms with E-state index >= 15 is 0 Å². The van der Waals surface area contributed by atoms with Gasteiger partial charge < -0.3 is 4.74 Å². The summed E-state index contributed by atoms with van der Waals surface area (Å²) in [5, 5.41) is 0. The molecule has 1 radical (unpaired) electrons. The van der Waals surface area contributed by atoms with Crippen LogP contribution in [-0.4, -0.2) is 6.61 Å². The summed E-state index contributed by atoms with van der Waals surface area (Å²) in [6.07, 6.45) is 0.809. The van der Waals surface area contributed by atoms with Crippen LogP contribution < -0.4 is 4.74 Å². The lowest BCUT2D eigenvalue weighted by molar-refractivity contribution is 0.356. The summed E-state index contributed by atoms with van der Waals surface area (Å²) in [5.74, 6) is 0.477. The zero-order valence-electron chi connectivity index (χ0n) is 5.36. The summed E-state index contributed by atoms with van der Waals surface area (Å²) in [5.41, 5.74) is 0.931. The first-order chi connectivity index (χ1) is 4.86. The molecule has 1 heterocycles. The maximum atomic E-state index is 12.5. The molecule has 2 rings (SSSR count). The van der Waals surface area contributed by atoms with Gasteiger partial charge >= 0.3 is 0 Å². The normalized spacial score (nSPS) is 14.5. The summed E-state index contributed by atoms with van der Waals surface area (Å²) < 4.78 is 17.6. The molecule has 10 heavy (non-hydrogen) atoms. The zero-order valence-corrected chi connectivity index (χ0v) is 5.36. The van der Waals surface area contributed by atoms with E-state index in [0.717, 1.165) is 12.0 Å². The number of ether oxygens (including phenoxy) is 1. The number of benzene rings is 1. The Labute approximate surface area is 58.4 Å². The number of halogens is 1. The van der Waals surface area contributed by atoms with E-state index < -0.39 is 0 Å². The van der Waals surface area contributed by atoms with Crippen molar-refractivity contribution in [3.63, 3.8) is 0 Å². The van der Waals surface area contributed by atoms with Gasteiger partial charge in [0.2, 0.25) is 0 Å². The molecule has 0 atom stereocenters. The van der Waals surface area contributed by atoms with Crippen LogP contribution in [0.3, 0.4) is 0 Å². The molecule has 0 unspecified atom stereocenters. The number of hydrogen-bond donors (Lipinski definition) is 0. The Morgan fingerprint density at radius 3 is 3.40 bits per heavy atom. The number of rotatable bonds is 0. The molecule has 0 aromatic heterocycles. The van der Waals surface area contributed by atoms with E-state index in [-0.39, 0.29) is 5.82 Å². The van der Waals surface area contributed by atoms with Crippen molar-refractivity contribution in [1.29, 1.82) is 0 Å². The van der Waals surface area contributed by atoms with Crippen LogP contribution in [0.25, 0.3) is 0 Å². The fraction of sp³-hybridized carbons (Fsp3) is 0.250. The van der Waals surface area contributed by atoms with Crippen LogP contribution in [0.2, 0.25) is 0 Å². The van der Waals surface area contributed by atoms with E-state index in [1.165, 1.54) is 12.1 Å². The summed E-state index contributed by atoms with van der Waals surface area (Å²) in [6, 6.07) is 5.51. The highest BCUT2D eigenvalue weighted by molar-refractivity contribution is 5.35. The molecule has 1 aromatic rings. The van der Waals surface area contributed by atoms with Crippen molar-refractivity contribution in [3.8, 4) is 5.75 Å². The van der Waals surface area contributed by atoms with E-state index in [0.29, 0.717) is 12.4 Å². The lowest BCUT2D eigenvalue weighted by atomic mass is 10.2. The predicted octanol–water partition coefficient (Wildman–Crippen LogP) is 1.56. The first-order valence-electron chi connectivity index (χ1n) is 3.19. The second kappa shape index (κ2) is 1.97.